The number of amides is 3. The van der Waals surface area contributed by atoms with Crippen LogP contribution >= 0.6 is 11.8 Å². The summed E-state index contributed by atoms with van der Waals surface area (Å²) in [4.78, 5) is 43.6. The Bertz CT molecular complexity index is 1750. The summed E-state index contributed by atoms with van der Waals surface area (Å²) in [5.74, 6) is 0.477. The molecule has 0 unspecified atom stereocenters. The van der Waals surface area contributed by atoms with Gasteiger partial charge in [-0.25, -0.2) is 0 Å². The minimum atomic E-state index is -0.502. The fourth-order valence-corrected chi connectivity index (χ4v) is 4.76. The van der Waals surface area contributed by atoms with E-state index in [9.17, 15) is 14.4 Å². The second-order valence-electron chi connectivity index (χ2n) is 9.42. The minimum Gasteiger partial charge on any atom is -0.457 e. The van der Waals surface area contributed by atoms with E-state index in [1.54, 1.807) is 97.3 Å². The zero-order chi connectivity index (χ0) is 30.6. The van der Waals surface area contributed by atoms with Crippen LogP contribution in [0.15, 0.2) is 144 Å². The Morgan fingerprint density at radius 3 is 2.18 bits per heavy atom. The standard InChI is InChI=1S/C35H28N4O4S/c40-33(37-27-16-18-30(19-17-27)43-29-13-5-2-6-14-29)24-44-31-15-7-12-28(22-31)38-35(42)32(21-25-9-8-20-36-23-25)39-34(41)26-10-3-1-4-11-26/h1-23H,24H2,(H,37,40)(H,38,42)(H,39,41)/b32-21-. The summed E-state index contributed by atoms with van der Waals surface area (Å²) in [6.45, 7) is 0. The number of aromatic nitrogens is 1. The Kier molecular flexibility index (Phi) is 10.2. The van der Waals surface area contributed by atoms with Crippen molar-refractivity contribution in [1.82, 2.24) is 10.3 Å². The largest absolute Gasteiger partial charge is 0.457 e. The molecular weight excluding hydrogens is 572 g/mol. The zero-order valence-corrected chi connectivity index (χ0v) is 24.3. The van der Waals surface area contributed by atoms with Gasteiger partial charge in [0, 0.05) is 34.2 Å². The summed E-state index contributed by atoms with van der Waals surface area (Å²) >= 11 is 1.33. The zero-order valence-electron chi connectivity index (χ0n) is 23.5. The first kappa shape index (κ1) is 29.8. The minimum absolute atomic E-state index is 0.0597. The molecule has 5 rings (SSSR count). The number of hydrogen-bond donors (Lipinski definition) is 3. The van der Waals surface area contributed by atoms with E-state index in [0.717, 1.165) is 10.6 Å². The molecule has 0 radical (unpaired) electrons. The molecule has 0 aliphatic carbocycles. The fraction of sp³-hybridized carbons (Fsp3) is 0.0286. The highest BCUT2D eigenvalue weighted by atomic mass is 32.2. The summed E-state index contributed by atoms with van der Waals surface area (Å²) in [7, 11) is 0. The number of thioether (sulfide) groups is 1. The number of ether oxygens (including phenoxy) is 1. The van der Waals surface area contributed by atoms with Crippen LogP contribution in [0.25, 0.3) is 6.08 Å². The molecule has 1 aromatic heterocycles. The van der Waals surface area contributed by atoms with Crippen LogP contribution in [0.3, 0.4) is 0 Å². The molecule has 0 fully saturated rings. The van der Waals surface area contributed by atoms with Crippen LogP contribution in [0.1, 0.15) is 15.9 Å². The van der Waals surface area contributed by atoms with Gasteiger partial charge in [-0.1, -0.05) is 48.5 Å². The Labute approximate surface area is 259 Å². The van der Waals surface area contributed by atoms with Crippen LogP contribution < -0.4 is 20.7 Å². The number of anilines is 2. The normalized spacial score (nSPS) is 10.9. The third kappa shape index (κ3) is 8.91. The Morgan fingerprint density at radius 1 is 0.727 bits per heavy atom. The van der Waals surface area contributed by atoms with Gasteiger partial charge in [-0.15, -0.1) is 11.8 Å². The first-order valence-electron chi connectivity index (χ1n) is 13.7. The highest BCUT2D eigenvalue weighted by Gasteiger charge is 2.15. The molecule has 8 nitrogen and oxygen atoms in total. The lowest BCUT2D eigenvalue weighted by Crippen LogP contribution is -2.30. The lowest BCUT2D eigenvalue weighted by atomic mass is 10.2. The van der Waals surface area contributed by atoms with Gasteiger partial charge < -0.3 is 20.7 Å². The van der Waals surface area contributed by atoms with Crippen molar-refractivity contribution in [2.24, 2.45) is 0 Å². The summed E-state index contributed by atoms with van der Waals surface area (Å²) in [5.41, 5.74) is 2.30. The number of carbonyl (C=O) groups is 3. The molecule has 0 saturated heterocycles. The molecule has 3 amide bonds. The monoisotopic (exact) mass is 600 g/mol. The molecule has 5 aromatic rings. The summed E-state index contributed by atoms with van der Waals surface area (Å²) in [5, 5.41) is 8.43. The third-order valence-electron chi connectivity index (χ3n) is 6.10. The highest BCUT2D eigenvalue weighted by Crippen LogP contribution is 2.24. The average molecular weight is 601 g/mol. The van der Waals surface area contributed by atoms with Crippen molar-refractivity contribution in [3.8, 4) is 11.5 Å². The first-order valence-corrected chi connectivity index (χ1v) is 14.7. The quantitative estimate of drug-likeness (QED) is 0.111. The number of hydrogen-bond acceptors (Lipinski definition) is 6. The SMILES string of the molecule is O=C(CSc1cccc(NC(=O)/C(=C/c2cccnc2)NC(=O)c2ccccc2)c1)Nc1ccc(Oc2ccccc2)cc1. The van der Waals surface area contributed by atoms with Crippen molar-refractivity contribution in [2.45, 2.75) is 4.90 Å². The highest BCUT2D eigenvalue weighted by molar-refractivity contribution is 8.00. The van der Waals surface area contributed by atoms with Crippen molar-refractivity contribution < 1.29 is 19.1 Å². The molecule has 0 bridgehead atoms. The van der Waals surface area contributed by atoms with Crippen LogP contribution in [-0.2, 0) is 9.59 Å². The molecular formula is C35H28N4O4S. The number of nitrogens with one attached hydrogen (secondary N) is 3. The van der Waals surface area contributed by atoms with Crippen molar-refractivity contribution in [1.29, 1.82) is 0 Å². The van der Waals surface area contributed by atoms with Crippen LogP contribution in [0, 0.1) is 0 Å². The molecule has 0 atom stereocenters. The van der Waals surface area contributed by atoms with E-state index in [-0.39, 0.29) is 17.4 Å². The van der Waals surface area contributed by atoms with E-state index in [4.69, 9.17) is 4.74 Å². The number of rotatable bonds is 11. The van der Waals surface area contributed by atoms with Crippen LogP contribution in [0.2, 0.25) is 0 Å². The fourth-order valence-electron chi connectivity index (χ4n) is 4.01. The van der Waals surface area contributed by atoms with Gasteiger partial charge in [0.15, 0.2) is 0 Å². The van der Waals surface area contributed by atoms with E-state index in [2.05, 4.69) is 20.9 Å². The van der Waals surface area contributed by atoms with Gasteiger partial charge in [0.2, 0.25) is 5.91 Å². The molecule has 1 heterocycles. The summed E-state index contributed by atoms with van der Waals surface area (Å²) in [6, 6.07) is 35.9. The average Bonchev–Trinajstić information content (AvgIpc) is 3.06. The van der Waals surface area contributed by atoms with E-state index in [1.165, 1.54) is 11.8 Å². The maximum atomic E-state index is 13.3. The second kappa shape index (κ2) is 15.0. The predicted octanol–water partition coefficient (Wildman–Crippen LogP) is 7.01. The Balaban J connectivity index is 1.18. The van der Waals surface area contributed by atoms with Gasteiger partial charge in [0.05, 0.1) is 5.75 Å². The van der Waals surface area contributed by atoms with Gasteiger partial charge in [-0.3, -0.25) is 19.4 Å². The van der Waals surface area contributed by atoms with Gasteiger partial charge in [-0.2, -0.15) is 0 Å². The molecule has 0 spiro atoms. The third-order valence-corrected chi connectivity index (χ3v) is 7.10. The molecule has 9 heteroatoms. The molecule has 44 heavy (non-hydrogen) atoms. The van der Waals surface area contributed by atoms with Crippen molar-refractivity contribution in [2.75, 3.05) is 16.4 Å². The number of pyridine rings is 1. The first-order chi connectivity index (χ1) is 21.5. The molecule has 0 aliphatic heterocycles. The van der Waals surface area contributed by atoms with Crippen molar-refractivity contribution in [3.05, 3.63) is 151 Å². The molecule has 3 N–H and O–H groups in total. The van der Waals surface area contributed by atoms with Crippen molar-refractivity contribution >= 4 is 46.9 Å². The lowest BCUT2D eigenvalue weighted by molar-refractivity contribution is -0.114. The Morgan fingerprint density at radius 2 is 1.45 bits per heavy atom. The molecule has 0 saturated carbocycles. The maximum Gasteiger partial charge on any atom is 0.272 e. The van der Waals surface area contributed by atoms with Crippen molar-refractivity contribution in [3.63, 3.8) is 0 Å². The number of nitrogens with zero attached hydrogens (tertiary/aromatic N) is 1. The number of carbonyl (C=O) groups excluding carboxylic acids is 3. The molecule has 218 valence electrons. The van der Waals surface area contributed by atoms with Gasteiger partial charge in [0.25, 0.3) is 11.8 Å². The Hall–Kier alpha value is -5.67. The van der Waals surface area contributed by atoms with Crippen LogP contribution in [0.4, 0.5) is 11.4 Å². The van der Waals surface area contributed by atoms with E-state index in [0.29, 0.717) is 28.3 Å². The molecule has 0 aliphatic rings. The maximum absolute atomic E-state index is 13.3. The van der Waals surface area contributed by atoms with Crippen LogP contribution in [0.5, 0.6) is 11.5 Å². The van der Waals surface area contributed by atoms with Gasteiger partial charge >= 0.3 is 0 Å². The smallest absolute Gasteiger partial charge is 0.272 e. The number of benzene rings is 4. The van der Waals surface area contributed by atoms with Gasteiger partial charge in [-0.05, 0) is 84.4 Å². The second-order valence-corrected chi connectivity index (χ2v) is 10.5. The number of para-hydroxylation sites is 1. The lowest BCUT2D eigenvalue weighted by Gasteiger charge is -2.12. The summed E-state index contributed by atoms with van der Waals surface area (Å²) in [6.07, 6.45) is 4.78. The van der Waals surface area contributed by atoms with E-state index in [1.807, 2.05) is 42.5 Å². The summed E-state index contributed by atoms with van der Waals surface area (Å²) < 4.78 is 5.79. The van der Waals surface area contributed by atoms with Crippen LogP contribution in [-0.4, -0.2) is 28.5 Å². The van der Waals surface area contributed by atoms with E-state index >= 15 is 0 Å². The van der Waals surface area contributed by atoms with Gasteiger partial charge in [0.1, 0.15) is 17.2 Å². The van der Waals surface area contributed by atoms with E-state index < -0.39 is 11.8 Å². The predicted molar refractivity (Wildman–Crippen MR) is 174 cm³/mol. The topological polar surface area (TPSA) is 109 Å². The molecule has 4 aromatic carbocycles.